The molecule has 1 aromatic rings. The highest BCUT2D eigenvalue weighted by Gasteiger charge is 2.23. The Morgan fingerprint density at radius 1 is 1.67 bits per heavy atom. The van der Waals surface area contributed by atoms with Crippen molar-refractivity contribution in [1.82, 2.24) is 10.3 Å². The second-order valence-corrected chi connectivity index (χ2v) is 4.21. The highest BCUT2D eigenvalue weighted by molar-refractivity contribution is 9.10. The van der Waals surface area contributed by atoms with Gasteiger partial charge in [0.1, 0.15) is 17.3 Å². The summed E-state index contributed by atoms with van der Waals surface area (Å²) in [6.45, 7) is -1.31. The van der Waals surface area contributed by atoms with Gasteiger partial charge in [-0.3, -0.25) is 4.79 Å². The maximum atomic E-state index is 12.1. The van der Waals surface area contributed by atoms with E-state index in [1.807, 2.05) is 5.32 Å². The van der Waals surface area contributed by atoms with Crippen LogP contribution in [0.2, 0.25) is 0 Å². The van der Waals surface area contributed by atoms with Crippen LogP contribution >= 0.6 is 27.3 Å². The number of amides is 1. The molecule has 0 radical (unpaired) electrons. The number of nitrogens with zero attached hydrogens (tertiary/aromatic N) is 1. The van der Waals surface area contributed by atoms with Crippen LogP contribution in [0.25, 0.3) is 0 Å². The minimum absolute atomic E-state index is 0.0148. The number of carbonyl (C=O) groups is 1. The maximum absolute atomic E-state index is 12.1. The van der Waals surface area contributed by atoms with Crippen LogP contribution in [-0.2, 0) is 0 Å². The predicted octanol–water partition coefficient (Wildman–Crippen LogP) is 2.24. The monoisotopic (exact) mass is 302 g/mol. The van der Waals surface area contributed by atoms with Crippen molar-refractivity contribution in [1.29, 1.82) is 0 Å². The number of halogens is 4. The molecule has 0 aromatic carbocycles. The number of rotatable bonds is 4. The first kappa shape index (κ1) is 12.4. The van der Waals surface area contributed by atoms with Crippen molar-refractivity contribution in [2.45, 2.75) is 12.5 Å². The lowest BCUT2D eigenvalue weighted by atomic mass is 10.3. The van der Waals surface area contributed by atoms with Crippen LogP contribution in [0.4, 0.5) is 13.2 Å². The van der Waals surface area contributed by atoms with Crippen LogP contribution in [0.3, 0.4) is 0 Å². The van der Waals surface area contributed by atoms with Crippen LogP contribution in [0.15, 0.2) is 9.98 Å². The third kappa shape index (κ3) is 3.45. The molecule has 0 aliphatic heterocycles. The van der Waals surface area contributed by atoms with Gasteiger partial charge in [0.2, 0.25) is 0 Å². The van der Waals surface area contributed by atoms with Gasteiger partial charge in [-0.15, -0.1) is 11.3 Å². The zero-order chi connectivity index (χ0) is 11.4. The van der Waals surface area contributed by atoms with Crippen LogP contribution in [0.1, 0.15) is 9.80 Å². The molecule has 84 valence electrons. The average Bonchev–Trinajstić information content (AvgIpc) is 2.60. The summed E-state index contributed by atoms with van der Waals surface area (Å²) in [5.41, 5.74) is 0. The van der Waals surface area contributed by atoms with Crippen molar-refractivity contribution in [3.05, 3.63) is 15.0 Å². The van der Waals surface area contributed by atoms with Crippen LogP contribution in [-0.4, -0.2) is 30.0 Å². The largest absolute Gasteiger partial charge is 0.339 e. The minimum atomic E-state index is -2.93. The van der Waals surface area contributed by atoms with Gasteiger partial charge in [0, 0.05) is 5.38 Å². The van der Waals surface area contributed by atoms with Crippen LogP contribution < -0.4 is 5.32 Å². The Morgan fingerprint density at radius 3 is 2.73 bits per heavy atom. The van der Waals surface area contributed by atoms with Crippen molar-refractivity contribution in [2.75, 3.05) is 6.67 Å². The second-order valence-electron chi connectivity index (χ2n) is 2.54. The summed E-state index contributed by atoms with van der Waals surface area (Å²) in [5, 5.41) is 3.40. The molecule has 0 aliphatic carbocycles. The van der Waals surface area contributed by atoms with E-state index < -0.39 is 25.0 Å². The fraction of sp³-hybridized carbons (Fsp3) is 0.429. The van der Waals surface area contributed by atoms with Crippen molar-refractivity contribution >= 4 is 33.2 Å². The molecule has 0 spiro atoms. The van der Waals surface area contributed by atoms with Gasteiger partial charge in [0.05, 0.1) is 0 Å². The number of aromatic nitrogens is 1. The van der Waals surface area contributed by atoms with Crippen molar-refractivity contribution in [3.63, 3.8) is 0 Å². The molecule has 0 bridgehead atoms. The van der Waals surface area contributed by atoms with E-state index in [9.17, 15) is 18.0 Å². The van der Waals surface area contributed by atoms with E-state index in [-0.39, 0.29) is 5.01 Å². The number of hydrogen-bond acceptors (Lipinski definition) is 3. The van der Waals surface area contributed by atoms with E-state index in [0.717, 1.165) is 11.3 Å². The van der Waals surface area contributed by atoms with E-state index in [1.165, 1.54) is 5.38 Å². The molecule has 1 atom stereocenters. The summed E-state index contributed by atoms with van der Waals surface area (Å²) in [7, 11) is 0. The molecule has 1 rings (SSSR count). The van der Waals surface area contributed by atoms with Gasteiger partial charge in [0.25, 0.3) is 12.3 Å². The van der Waals surface area contributed by atoms with E-state index in [2.05, 4.69) is 20.9 Å². The Hall–Kier alpha value is -0.630. The number of thiazole rings is 1. The van der Waals surface area contributed by atoms with Gasteiger partial charge in [0.15, 0.2) is 5.01 Å². The highest BCUT2D eigenvalue weighted by atomic mass is 79.9. The predicted molar refractivity (Wildman–Crippen MR) is 53.0 cm³/mol. The molecule has 3 nitrogen and oxygen atoms in total. The molecule has 1 heterocycles. The molecular weight excluding hydrogens is 297 g/mol. The number of hydrogen-bond donors (Lipinski definition) is 1. The van der Waals surface area contributed by atoms with Crippen LogP contribution in [0, 0.1) is 0 Å². The molecule has 0 saturated heterocycles. The Kier molecular flexibility index (Phi) is 4.52. The van der Waals surface area contributed by atoms with Crippen LogP contribution in [0.5, 0.6) is 0 Å². The third-order valence-corrected chi connectivity index (χ3v) is 3.01. The van der Waals surface area contributed by atoms with Gasteiger partial charge in [-0.25, -0.2) is 18.2 Å². The second kappa shape index (κ2) is 5.45. The fourth-order valence-electron chi connectivity index (χ4n) is 0.757. The number of alkyl halides is 3. The first-order chi connectivity index (χ1) is 7.04. The standard InChI is InChI=1S/C7H6BrF3N2OS/c8-4-2-15-7(13-4)6(14)12-3(1-9)5(10)11/h2-3,5H,1H2,(H,12,14). The molecule has 15 heavy (non-hydrogen) atoms. The molecule has 0 saturated carbocycles. The first-order valence-corrected chi connectivity index (χ1v) is 5.48. The summed E-state index contributed by atoms with van der Waals surface area (Å²) in [5.74, 6) is -0.798. The molecule has 0 fully saturated rings. The first-order valence-electron chi connectivity index (χ1n) is 3.80. The SMILES string of the molecule is O=C(NC(CF)C(F)F)c1nc(Br)cs1. The zero-order valence-electron chi connectivity index (χ0n) is 7.21. The highest BCUT2D eigenvalue weighted by Crippen LogP contribution is 2.15. The van der Waals surface area contributed by atoms with E-state index in [1.54, 1.807) is 0 Å². The van der Waals surface area contributed by atoms with E-state index >= 15 is 0 Å². The van der Waals surface area contributed by atoms with E-state index in [4.69, 9.17) is 0 Å². The zero-order valence-corrected chi connectivity index (χ0v) is 9.62. The number of nitrogens with one attached hydrogen (secondary N) is 1. The van der Waals surface area contributed by atoms with Crippen molar-refractivity contribution in [3.8, 4) is 0 Å². The third-order valence-electron chi connectivity index (χ3n) is 1.46. The van der Waals surface area contributed by atoms with Gasteiger partial charge in [-0.05, 0) is 15.9 Å². The number of carbonyl (C=O) groups excluding carboxylic acids is 1. The summed E-state index contributed by atoms with van der Waals surface area (Å²) in [4.78, 5) is 15.0. The minimum Gasteiger partial charge on any atom is -0.339 e. The molecule has 1 aromatic heterocycles. The Balaban J connectivity index is 2.62. The smallest absolute Gasteiger partial charge is 0.280 e. The Bertz CT molecular complexity index is 347. The molecule has 8 heteroatoms. The maximum Gasteiger partial charge on any atom is 0.280 e. The molecule has 1 N–H and O–H groups in total. The lowest BCUT2D eigenvalue weighted by Gasteiger charge is -2.12. The summed E-state index contributed by atoms with van der Waals surface area (Å²) in [6.07, 6.45) is -2.93. The normalized spacial score (nSPS) is 12.9. The topological polar surface area (TPSA) is 42.0 Å². The lowest BCUT2D eigenvalue weighted by molar-refractivity contribution is 0.0680. The molecule has 1 amide bonds. The average molecular weight is 303 g/mol. The Morgan fingerprint density at radius 2 is 2.33 bits per heavy atom. The quantitative estimate of drug-likeness (QED) is 0.927. The van der Waals surface area contributed by atoms with E-state index in [0.29, 0.717) is 4.60 Å². The van der Waals surface area contributed by atoms with Gasteiger partial charge in [-0.2, -0.15) is 0 Å². The van der Waals surface area contributed by atoms with Crippen molar-refractivity contribution < 1.29 is 18.0 Å². The summed E-state index contributed by atoms with van der Waals surface area (Å²) >= 11 is 3.99. The van der Waals surface area contributed by atoms with Crippen molar-refractivity contribution in [2.24, 2.45) is 0 Å². The lowest BCUT2D eigenvalue weighted by Crippen LogP contribution is -2.41. The van der Waals surface area contributed by atoms with Gasteiger partial charge >= 0.3 is 0 Å². The summed E-state index contributed by atoms with van der Waals surface area (Å²) < 4.78 is 36.7. The molecule has 0 aliphatic rings. The van der Waals surface area contributed by atoms with Gasteiger partial charge in [-0.1, -0.05) is 0 Å². The van der Waals surface area contributed by atoms with Gasteiger partial charge < -0.3 is 5.32 Å². The fourth-order valence-corrected chi connectivity index (χ4v) is 1.91. The summed E-state index contributed by atoms with van der Waals surface area (Å²) in [6, 6.07) is -1.78. The Labute approximate surface area is 95.8 Å². The molecular formula is C7H6BrF3N2OS. The molecule has 1 unspecified atom stereocenters.